The second-order valence-electron chi connectivity index (χ2n) is 8.48. The molecule has 0 saturated heterocycles. The van der Waals surface area contributed by atoms with Crippen molar-refractivity contribution in [1.29, 1.82) is 0 Å². The fourth-order valence-electron chi connectivity index (χ4n) is 3.23. The van der Waals surface area contributed by atoms with Gasteiger partial charge in [0.2, 0.25) is 19.0 Å². The number of aryl methyl sites for hydroxylation is 3. The van der Waals surface area contributed by atoms with Gasteiger partial charge in [-0.2, -0.15) is 10.1 Å². The molecule has 0 saturated carbocycles. The summed E-state index contributed by atoms with van der Waals surface area (Å²) in [5.41, 5.74) is 0. The average Bonchev–Trinajstić information content (AvgIpc) is 3.71. The zero-order valence-electron chi connectivity index (χ0n) is 23.6. The van der Waals surface area contributed by atoms with Crippen LogP contribution < -0.4 is 28.4 Å². The standard InChI is InChI=1S/C12H10O3PS.3C6H9N2/c13-16(14,15)17(11-7-3-1-4-8-11)12-9-5-2-6-10-12;3*1-3-8-5-4-7(2)6-8/h1-10H;3*3-6H,1H2,2H3/q-3;3*+1. The van der Waals surface area contributed by atoms with Gasteiger partial charge in [0, 0.05) is 9.79 Å². The maximum Gasteiger partial charge on any atom is 0.248 e. The summed E-state index contributed by atoms with van der Waals surface area (Å²) in [5, 5.41) is 0. The van der Waals surface area contributed by atoms with Crippen molar-refractivity contribution in [1.82, 2.24) is 13.7 Å². The number of imidazole rings is 3. The maximum atomic E-state index is 11.4. The minimum Gasteiger partial charge on any atom is -0.847 e. The van der Waals surface area contributed by atoms with Crippen molar-refractivity contribution in [3.63, 3.8) is 0 Å². The number of rotatable bonds is 5. The quantitative estimate of drug-likeness (QED) is 0.230. The van der Waals surface area contributed by atoms with Crippen molar-refractivity contribution in [2.24, 2.45) is 21.1 Å². The molecule has 0 unspecified atom stereocenters. The van der Waals surface area contributed by atoms with E-state index in [2.05, 4.69) is 19.7 Å². The second-order valence-corrected chi connectivity index (χ2v) is 13.3. The van der Waals surface area contributed by atoms with Gasteiger partial charge in [0.05, 0.1) is 39.7 Å². The van der Waals surface area contributed by atoms with E-state index >= 15 is 0 Å². The molecule has 0 atom stereocenters. The lowest BCUT2D eigenvalue weighted by atomic mass is 10.4. The van der Waals surface area contributed by atoms with E-state index in [-0.39, 0.29) is 0 Å². The third-order valence-electron chi connectivity index (χ3n) is 5.16. The molecular formula is C30H37N6O3PS. The maximum absolute atomic E-state index is 11.4. The first-order valence-corrected chi connectivity index (χ1v) is 15.8. The van der Waals surface area contributed by atoms with E-state index in [0.29, 0.717) is 9.79 Å². The highest BCUT2D eigenvalue weighted by atomic mass is 32.5. The highest BCUT2D eigenvalue weighted by molar-refractivity contribution is 8.26. The van der Waals surface area contributed by atoms with Gasteiger partial charge in [-0.25, -0.2) is 27.4 Å². The highest BCUT2D eigenvalue weighted by Crippen LogP contribution is 2.32. The fraction of sp³-hybridized carbons (Fsp3) is 0.100. The smallest absolute Gasteiger partial charge is 0.248 e. The van der Waals surface area contributed by atoms with E-state index in [1.165, 1.54) is 0 Å². The van der Waals surface area contributed by atoms with Crippen LogP contribution in [0.15, 0.2) is 146 Å². The number of benzene rings is 2. The molecule has 41 heavy (non-hydrogen) atoms. The predicted molar refractivity (Wildman–Crippen MR) is 160 cm³/mol. The topological polar surface area (TPSA) is 95.6 Å². The molecule has 11 heteroatoms. The van der Waals surface area contributed by atoms with Crippen LogP contribution in [0.25, 0.3) is 18.6 Å². The normalized spacial score (nSPS) is 10.2. The molecule has 5 aromatic rings. The summed E-state index contributed by atoms with van der Waals surface area (Å²) in [7, 11) is 4.49. The van der Waals surface area contributed by atoms with Crippen molar-refractivity contribution in [2.45, 2.75) is 9.79 Å². The van der Waals surface area contributed by atoms with Gasteiger partial charge >= 0.3 is 0 Å². The lowest BCUT2D eigenvalue weighted by Gasteiger charge is -2.52. The van der Waals surface area contributed by atoms with E-state index in [0.717, 1.165) is 0 Å². The molecule has 2 aromatic carbocycles. The van der Waals surface area contributed by atoms with Gasteiger partial charge in [0.1, 0.15) is 37.2 Å². The highest BCUT2D eigenvalue weighted by Gasteiger charge is 2.00. The molecule has 0 spiro atoms. The Morgan fingerprint density at radius 3 is 1.05 bits per heavy atom. The van der Waals surface area contributed by atoms with E-state index < -0.39 is 16.8 Å². The van der Waals surface area contributed by atoms with Crippen molar-refractivity contribution in [2.75, 3.05) is 0 Å². The van der Waals surface area contributed by atoms with Gasteiger partial charge < -0.3 is 21.4 Å². The summed E-state index contributed by atoms with van der Waals surface area (Å²) in [4.78, 5) is 35.3. The molecule has 0 aliphatic carbocycles. The summed E-state index contributed by atoms with van der Waals surface area (Å²) >= 11 is 0. The van der Waals surface area contributed by atoms with Crippen LogP contribution in [0.1, 0.15) is 0 Å². The molecule has 3 aromatic heterocycles. The van der Waals surface area contributed by atoms with Crippen LogP contribution in [0.3, 0.4) is 0 Å². The monoisotopic (exact) mass is 592 g/mol. The lowest BCUT2D eigenvalue weighted by Crippen LogP contribution is -2.29. The first kappa shape index (κ1) is 33.2. The number of hydrogen-bond acceptors (Lipinski definition) is 3. The Balaban J connectivity index is 0.000000207. The molecule has 0 aliphatic heterocycles. The largest absolute Gasteiger partial charge is 0.847 e. The lowest BCUT2D eigenvalue weighted by molar-refractivity contribution is -0.567. The Morgan fingerprint density at radius 1 is 0.585 bits per heavy atom. The molecule has 5 rings (SSSR count). The van der Waals surface area contributed by atoms with Crippen LogP contribution in [0.4, 0.5) is 0 Å². The number of hydrogen-bond donors (Lipinski definition) is 0. The van der Waals surface area contributed by atoms with Crippen LogP contribution in [-0.2, 0) is 31.2 Å². The van der Waals surface area contributed by atoms with Gasteiger partial charge in [0.15, 0.2) is 0 Å². The number of nitrogens with zero attached hydrogens (tertiary/aromatic N) is 6. The molecule has 0 bridgehead atoms. The van der Waals surface area contributed by atoms with Gasteiger partial charge in [-0.1, -0.05) is 56.1 Å². The second kappa shape index (κ2) is 16.9. The summed E-state index contributed by atoms with van der Waals surface area (Å²) in [5.74, 6) is 0. The molecular weight excluding hydrogens is 555 g/mol. The molecule has 0 fully saturated rings. The third kappa shape index (κ3) is 11.9. The Hall–Kier alpha value is -4.05. The fourth-order valence-corrected chi connectivity index (χ4v) is 7.12. The first-order chi connectivity index (χ1) is 19.6. The molecule has 9 nitrogen and oxygen atoms in total. The molecule has 0 amide bonds. The van der Waals surface area contributed by atoms with Gasteiger partial charge in [-0.05, 0) is 24.3 Å². The van der Waals surface area contributed by atoms with Crippen LogP contribution in [0.2, 0.25) is 0 Å². The summed E-state index contributed by atoms with van der Waals surface area (Å²) in [6.45, 7) is 6.09. The zero-order valence-corrected chi connectivity index (χ0v) is 25.3. The van der Waals surface area contributed by atoms with Crippen molar-refractivity contribution in [3.8, 4) is 0 Å². The predicted octanol–water partition coefficient (Wildman–Crippen LogP) is 1.72. The van der Waals surface area contributed by atoms with Gasteiger partial charge in [-0.15, -0.1) is 0 Å². The Bertz CT molecular complexity index is 1410. The van der Waals surface area contributed by atoms with Gasteiger partial charge in [-0.3, -0.25) is 0 Å². The van der Waals surface area contributed by atoms with Crippen LogP contribution in [0, 0.1) is 0 Å². The third-order valence-corrected chi connectivity index (χ3v) is 9.65. The van der Waals surface area contributed by atoms with Crippen molar-refractivity contribution in [3.05, 3.63) is 137 Å². The van der Waals surface area contributed by atoms with Crippen LogP contribution >= 0.6 is 6.72 Å². The molecule has 216 valence electrons. The Kier molecular flexibility index (Phi) is 13.7. The summed E-state index contributed by atoms with van der Waals surface area (Å²) < 4.78 is 11.5. The zero-order chi connectivity index (χ0) is 30.3. The van der Waals surface area contributed by atoms with E-state index in [1.54, 1.807) is 79.3 Å². The molecule has 0 N–H and O–H groups in total. The van der Waals surface area contributed by atoms with E-state index in [9.17, 15) is 14.7 Å². The minimum atomic E-state index is -4.69. The molecule has 0 radical (unpaired) electrons. The van der Waals surface area contributed by atoms with Crippen molar-refractivity contribution >= 4 is 35.4 Å². The Labute approximate surface area is 244 Å². The summed E-state index contributed by atoms with van der Waals surface area (Å²) in [6, 6.07) is 17.2. The van der Waals surface area contributed by atoms with Crippen LogP contribution in [-0.4, -0.2) is 13.7 Å². The van der Waals surface area contributed by atoms with Crippen molar-refractivity contribution < 1.29 is 28.4 Å². The molecule has 3 heterocycles. The number of aromatic nitrogens is 6. The average molecular weight is 593 g/mol. The van der Waals surface area contributed by atoms with Gasteiger partial charge in [0.25, 0.3) is 0 Å². The van der Waals surface area contributed by atoms with E-state index in [1.807, 2.05) is 105 Å². The SMILES string of the molecule is C=C[n+]1ccn(C)c1.C=C[n+]1ccn(C)c1.C=C[n+]1ccn(C)c1.[O-]P([O-])([O-])=S(c1ccccc1)c1ccccc1. The van der Waals surface area contributed by atoms with Crippen LogP contribution in [0.5, 0.6) is 0 Å². The Morgan fingerprint density at radius 2 is 0.878 bits per heavy atom. The van der Waals surface area contributed by atoms with E-state index in [4.69, 9.17) is 0 Å². The molecule has 0 aliphatic rings. The summed E-state index contributed by atoms with van der Waals surface area (Å²) in [6.07, 6.45) is 22.8. The first-order valence-electron chi connectivity index (χ1n) is 12.4. The minimum absolute atomic E-state index is 0.534.